The van der Waals surface area contributed by atoms with Gasteiger partial charge in [-0.1, -0.05) is 18.2 Å². The first kappa shape index (κ1) is 15.5. The molecular weight excluding hydrogens is 339 g/mol. The Morgan fingerprint density at radius 2 is 1.95 bits per heavy atom. The van der Waals surface area contributed by atoms with Gasteiger partial charge in [-0.15, -0.1) is 0 Å². The zero-order chi connectivity index (χ0) is 15.2. The smallest absolute Gasteiger partial charge is 0.172 e. The summed E-state index contributed by atoms with van der Waals surface area (Å²) in [6.45, 7) is 2.44. The second-order valence-corrected chi connectivity index (χ2v) is 5.02. The van der Waals surface area contributed by atoms with Crippen LogP contribution in [0.5, 0.6) is 11.5 Å². The van der Waals surface area contributed by atoms with Gasteiger partial charge in [0, 0.05) is 5.56 Å². The number of benzene rings is 2. The number of halogens is 2. The summed E-state index contributed by atoms with van der Waals surface area (Å²) < 4.78 is 25.0. The number of aldehydes is 1. The van der Waals surface area contributed by atoms with E-state index >= 15 is 0 Å². The zero-order valence-electron chi connectivity index (χ0n) is 11.4. The lowest BCUT2D eigenvalue weighted by Gasteiger charge is -2.14. The molecule has 0 aromatic heterocycles. The lowest BCUT2D eigenvalue weighted by Crippen LogP contribution is -2.03. The summed E-state index contributed by atoms with van der Waals surface area (Å²) in [5, 5.41) is 0. The van der Waals surface area contributed by atoms with Crippen molar-refractivity contribution in [3.8, 4) is 11.5 Å². The van der Waals surface area contributed by atoms with E-state index < -0.39 is 0 Å². The van der Waals surface area contributed by atoms with E-state index in [1.54, 1.807) is 30.3 Å². The van der Waals surface area contributed by atoms with E-state index in [2.05, 4.69) is 15.9 Å². The minimum Gasteiger partial charge on any atom is -0.490 e. The third kappa shape index (κ3) is 3.61. The van der Waals surface area contributed by atoms with Crippen LogP contribution in [0.3, 0.4) is 0 Å². The predicted molar refractivity (Wildman–Crippen MR) is 81.4 cm³/mol. The summed E-state index contributed by atoms with van der Waals surface area (Å²) in [4.78, 5) is 11.1. The molecule has 0 aliphatic heterocycles. The summed E-state index contributed by atoms with van der Waals surface area (Å²) in [6, 6.07) is 9.81. The summed E-state index contributed by atoms with van der Waals surface area (Å²) in [6.07, 6.45) is 0.707. The first-order valence-electron chi connectivity index (χ1n) is 6.44. The van der Waals surface area contributed by atoms with Crippen LogP contribution < -0.4 is 9.47 Å². The van der Waals surface area contributed by atoms with Gasteiger partial charge in [-0.05, 0) is 41.1 Å². The molecule has 5 heteroatoms. The van der Waals surface area contributed by atoms with E-state index in [4.69, 9.17) is 9.47 Å². The van der Waals surface area contributed by atoms with Crippen LogP contribution in [-0.4, -0.2) is 12.9 Å². The highest BCUT2D eigenvalue weighted by atomic mass is 79.9. The second kappa shape index (κ2) is 7.22. The average molecular weight is 353 g/mol. The lowest BCUT2D eigenvalue weighted by atomic mass is 10.2. The van der Waals surface area contributed by atoms with Crippen molar-refractivity contribution in [2.45, 2.75) is 13.5 Å². The molecule has 0 atom stereocenters. The average Bonchev–Trinajstić information content (AvgIpc) is 2.49. The quantitative estimate of drug-likeness (QED) is 0.723. The number of rotatable bonds is 6. The number of hydrogen-bond donors (Lipinski definition) is 0. The maximum Gasteiger partial charge on any atom is 0.172 e. The van der Waals surface area contributed by atoms with Crippen LogP contribution in [0.25, 0.3) is 0 Å². The molecule has 0 unspecified atom stereocenters. The van der Waals surface area contributed by atoms with Gasteiger partial charge < -0.3 is 9.47 Å². The lowest BCUT2D eigenvalue weighted by molar-refractivity contribution is 0.111. The molecule has 0 bridgehead atoms. The minimum absolute atomic E-state index is 0.128. The molecule has 21 heavy (non-hydrogen) atoms. The molecule has 0 spiro atoms. The first-order chi connectivity index (χ1) is 10.2. The Morgan fingerprint density at radius 3 is 2.67 bits per heavy atom. The number of ether oxygens (including phenoxy) is 2. The highest BCUT2D eigenvalue weighted by molar-refractivity contribution is 9.10. The molecule has 110 valence electrons. The standard InChI is InChI=1S/C16H14BrFO3/c1-2-20-14-8-4-5-11(9-19)16(14)21-10-12-6-3-7-13(18)15(12)17/h3-9H,2,10H2,1H3. The van der Waals surface area contributed by atoms with E-state index in [0.29, 0.717) is 40.0 Å². The van der Waals surface area contributed by atoms with Crippen molar-refractivity contribution >= 4 is 22.2 Å². The van der Waals surface area contributed by atoms with Crippen molar-refractivity contribution in [2.75, 3.05) is 6.61 Å². The molecule has 0 heterocycles. The van der Waals surface area contributed by atoms with Gasteiger partial charge in [-0.25, -0.2) is 4.39 Å². The van der Waals surface area contributed by atoms with Crippen LogP contribution >= 0.6 is 15.9 Å². The molecule has 2 rings (SSSR count). The summed E-state index contributed by atoms with van der Waals surface area (Å²) in [5.74, 6) is 0.505. The molecule has 0 aliphatic rings. The molecule has 2 aromatic carbocycles. The Morgan fingerprint density at radius 1 is 1.19 bits per heavy atom. The molecule has 2 aromatic rings. The van der Waals surface area contributed by atoms with Crippen LogP contribution in [0, 0.1) is 5.82 Å². The monoisotopic (exact) mass is 352 g/mol. The van der Waals surface area contributed by atoms with Crippen molar-refractivity contribution in [1.82, 2.24) is 0 Å². The van der Waals surface area contributed by atoms with Crippen LogP contribution in [0.4, 0.5) is 4.39 Å². The molecule has 0 amide bonds. The van der Waals surface area contributed by atoms with E-state index in [0.717, 1.165) is 0 Å². The largest absolute Gasteiger partial charge is 0.490 e. The Balaban J connectivity index is 2.26. The van der Waals surface area contributed by atoms with Gasteiger partial charge in [0.05, 0.1) is 16.6 Å². The minimum atomic E-state index is -0.357. The molecule has 0 aliphatic carbocycles. The predicted octanol–water partition coefficient (Wildman–Crippen LogP) is 4.38. The number of carbonyl (C=O) groups is 1. The molecular formula is C16H14BrFO3. The third-order valence-corrected chi connectivity index (χ3v) is 3.73. The fourth-order valence-electron chi connectivity index (χ4n) is 1.86. The normalized spacial score (nSPS) is 10.2. The Labute approximate surface area is 130 Å². The fraction of sp³-hybridized carbons (Fsp3) is 0.188. The maximum atomic E-state index is 13.5. The van der Waals surface area contributed by atoms with Crippen LogP contribution in [0.1, 0.15) is 22.8 Å². The third-order valence-electron chi connectivity index (χ3n) is 2.84. The number of carbonyl (C=O) groups excluding carboxylic acids is 1. The Hall–Kier alpha value is -1.88. The van der Waals surface area contributed by atoms with Crippen molar-refractivity contribution < 1.29 is 18.7 Å². The SMILES string of the molecule is CCOc1cccc(C=O)c1OCc1cccc(F)c1Br. The van der Waals surface area contributed by atoms with E-state index in [1.165, 1.54) is 6.07 Å². The molecule has 0 fully saturated rings. The first-order valence-corrected chi connectivity index (χ1v) is 7.23. The topological polar surface area (TPSA) is 35.5 Å². The van der Waals surface area contributed by atoms with Gasteiger partial charge in [0.1, 0.15) is 12.4 Å². The van der Waals surface area contributed by atoms with Crippen molar-refractivity contribution in [2.24, 2.45) is 0 Å². The van der Waals surface area contributed by atoms with Crippen molar-refractivity contribution in [1.29, 1.82) is 0 Å². The molecule has 0 saturated carbocycles. The molecule has 0 N–H and O–H groups in total. The van der Waals surface area contributed by atoms with E-state index in [-0.39, 0.29) is 12.4 Å². The fourth-order valence-corrected chi connectivity index (χ4v) is 2.24. The molecule has 0 radical (unpaired) electrons. The highest BCUT2D eigenvalue weighted by Crippen LogP contribution is 2.32. The van der Waals surface area contributed by atoms with Crippen LogP contribution in [-0.2, 0) is 6.61 Å². The van der Waals surface area contributed by atoms with Crippen molar-refractivity contribution in [3.05, 3.63) is 57.8 Å². The zero-order valence-corrected chi connectivity index (χ0v) is 13.0. The van der Waals surface area contributed by atoms with Gasteiger partial charge >= 0.3 is 0 Å². The van der Waals surface area contributed by atoms with E-state index in [1.807, 2.05) is 6.92 Å². The summed E-state index contributed by atoms with van der Waals surface area (Å²) >= 11 is 3.18. The second-order valence-electron chi connectivity index (χ2n) is 4.23. The highest BCUT2D eigenvalue weighted by Gasteiger charge is 2.12. The van der Waals surface area contributed by atoms with Crippen LogP contribution in [0.15, 0.2) is 40.9 Å². The number of hydrogen-bond acceptors (Lipinski definition) is 3. The Bertz CT molecular complexity index is 643. The number of para-hydroxylation sites is 1. The van der Waals surface area contributed by atoms with Gasteiger partial charge in [-0.3, -0.25) is 4.79 Å². The van der Waals surface area contributed by atoms with Gasteiger partial charge in [0.2, 0.25) is 0 Å². The van der Waals surface area contributed by atoms with E-state index in [9.17, 15) is 9.18 Å². The van der Waals surface area contributed by atoms with Gasteiger partial charge in [0.25, 0.3) is 0 Å². The van der Waals surface area contributed by atoms with Crippen molar-refractivity contribution in [3.63, 3.8) is 0 Å². The van der Waals surface area contributed by atoms with Crippen LogP contribution in [0.2, 0.25) is 0 Å². The van der Waals surface area contributed by atoms with Gasteiger partial charge in [0.15, 0.2) is 17.8 Å². The molecule has 3 nitrogen and oxygen atoms in total. The maximum absolute atomic E-state index is 13.5. The summed E-state index contributed by atoms with van der Waals surface area (Å²) in [5.41, 5.74) is 1.05. The Kier molecular flexibility index (Phi) is 5.33. The summed E-state index contributed by atoms with van der Waals surface area (Å²) in [7, 11) is 0. The van der Waals surface area contributed by atoms with Gasteiger partial charge in [-0.2, -0.15) is 0 Å². The molecule has 0 saturated heterocycles.